The molecule has 0 atom stereocenters. The highest BCUT2D eigenvalue weighted by Gasteiger charge is 2.17. The van der Waals surface area contributed by atoms with E-state index in [9.17, 15) is 9.18 Å². The van der Waals surface area contributed by atoms with E-state index in [0.717, 1.165) is 0 Å². The quantitative estimate of drug-likeness (QED) is 0.818. The fourth-order valence-electron chi connectivity index (χ4n) is 1.87. The first-order chi connectivity index (χ1) is 8.38. The molecule has 2 aromatic carbocycles. The van der Waals surface area contributed by atoms with E-state index in [2.05, 4.69) is 5.32 Å². The molecule has 94 valence electrons. The smallest absolute Gasteiger partial charge is 0.252 e. The van der Waals surface area contributed by atoms with E-state index < -0.39 is 0 Å². The lowest BCUT2D eigenvalue weighted by atomic mass is 10.0. The summed E-state index contributed by atoms with van der Waals surface area (Å²) in [6.07, 6.45) is 0. The number of carbonyl (C=O) groups excluding carboxylic acids is 1. The lowest BCUT2D eigenvalue weighted by Gasteiger charge is -2.21. The minimum Gasteiger partial charge on any atom is -0.347 e. The number of nitrogens with one attached hydrogen (secondary N) is 1. The Kier molecular flexibility index (Phi) is 3.07. The third kappa shape index (κ3) is 2.50. The van der Waals surface area contributed by atoms with Crippen molar-refractivity contribution in [1.29, 1.82) is 0 Å². The standard InChI is InChI=1S/C15H16FNO/c1-15(2,3)17-14(18)12-8-9-13(16)11-7-5-4-6-10(11)12/h4-9H,1-3H3,(H,17,18). The highest BCUT2D eigenvalue weighted by atomic mass is 19.1. The number of carbonyl (C=O) groups is 1. The molecule has 0 heterocycles. The molecule has 0 fully saturated rings. The second-order valence-corrected chi connectivity index (χ2v) is 5.34. The van der Waals surface area contributed by atoms with Gasteiger partial charge in [0.05, 0.1) is 0 Å². The molecule has 0 spiro atoms. The minimum atomic E-state index is -0.313. The van der Waals surface area contributed by atoms with Crippen LogP contribution < -0.4 is 5.32 Å². The molecule has 0 saturated carbocycles. The van der Waals surface area contributed by atoms with Crippen molar-refractivity contribution in [3.05, 3.63) is 47.8 Å². The van der Waals surface area contributed by atoms with Crippen LogP contribution in [0.4, 0.5) is 4.39 Å². The van der Waals surface area contributed by atoms with Crippen molar-refractivity contribution in [2.45, 2.75) is 26.3 Å². The third-order valence-electron chi connectivity index (χ3n) is 2.60. The summed E-state index contributed by atoms with van der Waals surface area (Å²) in [6, 6.07) is 9.86. The molecule has 0 aromatic heterocycles. The minimum absolute atomic E-state index is 0.182. The average molecular weight is 245 g/mol. The highest BCUT2D eigenvalue weighted by molar-refractivity contribution is 6.07. The molecule has 0 unspecified atom stereocenters. The van der Waals surface area contributed by atoms with Gasteiger partial charge in [0, 0.05) is 16.5 Å². The van der Waals surface area contributed by atoms with Crippen LogP contribution in [0.3, 0.4) is 0 Å². The number of fused-ring (bicyclic) bond motifs is 1. The van der Waals surface area contributed by atoms with Gasteiger partial charge in [-0.1, -0.05) is 24.3 Å². The van der Waals surface area contributed by atoms with Crippen molar-refractivity contribution in [3.8, 4) is 0 Å². The van der Waals surface area contributed by atoms with Crippen LogP contribution in [0.15, 0.2) is 36.4 Å². The van der Waals surface area contributed by atoms with Gasteiger partial charge in [-0.15, -0.1) is 0 Å². The summed E-state index contributed by atoms with van der Waals surface area (Å²) in [5.41, 5.74) is 0.189. The molecule has 0 aliphatic heterocycles. The molecular weight excluding hydrogens is 229 g/mol. The summed E-state index contributed by atoms with van der Waals surface area (Å²) in [5.74, 6) is -0.489. The van der Waals surface area contributed by atoms with Gasteiger partial charge in [-0.3, -0.25) is 4.79 Å². The molecule has 0 aliphatic rings. The van der Waals surface area contributed by atoms with Gasteiger partial charge in [-0.2, -0.15) is 0 Å². The topological polar surface area (TPSA) is 29.1 Å². The lowest BCUT2D eigenvalue weighted by molar-refractivity contribution is 0.0921. The first-order valence-corrected chi connectivity index (χ1v) is 5.88. The molecule has 0 saturated heterocycles. The van der Waals surface area contributed by atoms with Crippen molar-refractivity contribution in [1.82, 2.24) is 5.32 Å². The van der Waals surface area contributed by atoms with Crippen LogP contribution in [0.2, 0.25) is 0 Å². The third-order valence-corrected chi connectivity index (χ3v) is 2.60. The number of hydrogen-bond donors (Lipinski definition) is 1. The predicted molar refractivity (Wildman–Crippen MR) is 71.1 cm³/mol. The maximum Gasteiger partial charge on any atom is 0.252 e. The number of hydrogen-bond acceptors (Lipinski definition) is 1. The van der Waals surface area contributed by atoms with E-state index in [1.165, 1.54) is 12.1 Å². The number of halogens is 1. The predicted octanol–water partition coefficient (Wildman–Crippen LogP) is 3.51. The molecule has 0 radical (unpaired) electrons. The Hall–Kier alpha value is -1.90. The monoisotopic (exact) mass is 245 g/mol. The Morgan fingerprint density at radius 1 is 1.06 bits per heavy atom. The first-order valence-electron chi connectivity index (χ1n) is 5.88. The number of amides is 1. The van der Waals surface area contributed by atoms with E-state index in [1.807, 2.05) is 20.8 Å². The van der Waals surface area contributed by atoms with Gasteiger partial charge in [0.1, 0.15) is 5.82 Å². The van der Waals surface area contributed by atoms with Crippen molar-refractivity contribution in [2.24, 2.45) is 0 Å². The highest BCUT2D eigenvalue weighted by Crippen LogP contribution is 2.22. The molecule has 2 rings (SSSR count). The van der Waals surface area contributed by atoms with E-state index in [-0.39, 0.29) is 17.3 Å². The summed E-state index contributed by atoms with van der Waals surface area (Å²) < 4.78 is 13.6. The maximum absolute atomic E-state index is 13.6. The van der Waals surface area contributed by atoms with E-state index in [1.54, 1.807) is 24.3 Å². The molecule has 0 aliphatic carbocycles. The summed E-state index contributed by atoms with van der Waals surface area (Å²) in [4.78, 5) is 12.2. The second kappa shape index (κ2) is 4.41. The van der Waals surface area contributed by atoms with Crippen molar-refractivity contribution >= 4 is 16.7 Å². The van der Waals surface area contributed by atoms with Crippen LogP contribution in [0.1, 0.15) is 31.1 Å². The van der Waals surface area contributed by atoms with Gasteiger partial charge in [0.15, 0.2) is 0 Å². The van der Waals surface area contributed by atoms with Crippen molar-refractivity contribution in [3.63, 3.8) is 0 Å². The van der Waals surface area contributed by atoms with E-state index in [0.29, 0.717) is 16.3 Å². The summed E-state index contributed by atoms with van der Waals surface area (Å²) in [6.45, 7) is 5.74. The first kappa shape index (κ1) is 12.6. The lowest BCUT2D eigenvalue weighted by Crippen LogP contribution is -2.40. The summed E-state index contributed by atoms with van der Waals surface area (Å²) in [7, 11) is 0. The molecule has 18 heavy (non-hydrogen) atoms. The normalized spacial score (nSPS) is 11.6. The van der Waals surface area contributed by atoms with Crippen molar-refractivity contribution in [2.75, 3.05) is 0 Å². The Labute approximate surface area is 106 Å². The number of rotatable bonds is 1. The zero-order valence-electron chi connectivity index (χ0n) is 10.8. The Balaban J connectivity index is 2.52. The molecule has 2 nitrogen and oxygen atoms in total. The molecule has 0 bridgehead atoms. The Morgan fingerprint density at radius 3 is 2.28 bits per heavy atom. The van der Waals surface area contributed by atoms with Gasteiger partial charge in [-0.05, 0) is 38.3 Å². The SMILES string of the molecule is CC(C)(C)NC(=O)c1ccc(F)c2ccccc12. The summed E-state index contributed by atoms with van der Waals surface area (Å²) in [5, 5.41) is 4.00. The maximum atomic E-state index is 13.6. The van der Waals surface area contributed by atoms with Crippen LogP contribution in [0.5, 0.6) is 0 Å². The fourth-order valence-corrected chi connectivity index (χ4v) is 1.87. The van der Waals surface area contributed by atoms with Crippen LogP contribution in [-0.2, 0) is 0 Å². The van der Waals surface area contributed by atoms with Crippen LogP contribution in [-0.4, -0.2) is 11.4 Å². The van der Waals surface area contributed by atoms with E-state index >= 15 is 0 Å². The molecule has 3 heteroatoms. The molecular formula is C15H16FNO. The van der Waals surface area contributed by atoms with Gasteiger partial charge >= 0.3 is 0 Å². The van der Waals surface area contributed by atoms with Gasteiger partial charge in [0.25, 0.3) is 5.91 Å². The van der Waals surface area contributed by atoms with Gasteiger partial charge < -0.3 is 5.32 Å². The van der Waals surface area contributed by atoms with Crippen molar-refractivity contribution < 1.29 is 9.18 Å². The average Bonchev–Trinajstić information content (AvgIpc) is 2.27. The van der Waals surface area contributed by atoms with Gasteiger partial charge in [0.2, 0.25) is 0 Å². The summed E-state index contributed by atoms with van der Waals surface area (Å²) >= 11 is 0. The largest absolute Gasteiger partial charge is 0.347 e. The molecule has 1 amide bonds. The Bertz CT molecular complexity index is 599. The molecule has 2 aromatic rings. The Morgan fingerprint density at radius 2 is 1.67 bits per heavy atom. The second-order valence-electron chi connectivity index (χ2n) is 5.34. The van der Waals surface area contributed by atoms with Crippen LogP contribution in [0, 0.1) is 5.82 Å². The number of benzene rings is 2. The molecule has 1 N–H and O–H groups in total. The van der Waals surface area contributed by atoms with Crippen LogP contribution in [0.25, 0.3) is 10.8 Å². The zero-order valence-corrected chi connectivity index (χ0v) is 10.8. The zero-order chi connectivity index (χ0) is 13.3. The van der Waals surface area contributed by atoms with E-state index in [4.69, 9.17) is 0 Å². The van der Waals surface area contributed by atoms with Gasteiger partial charge in [-0.25, -0.2) is 4.39 Å². The van der Waals surface area contributed by atoms with Crippen LogP contribution >= 0.6 is 0 Å². The fraction of sp³-hybridized carbons (Fsp3) is 0.267.